The number of non-ortho nitro benzene ring substituents is 1. The highest BCUT2D eigenvalue weighted by Gasteiger charge is 2.11. The van der Waals surface area contributed by atoms with Gasteiger partial charge < -0.3 is 10.6 Å². The third-order valence-electron chi connectivity index (χ3n) is 2.85. The Labute approximate surface area is 121 Å². The lowest BCUT2D eigenvalue weighted by Gasteiger charge is -2.14. The molecule has 1 aromatic heterocycles. The Balaban J connectivity index is 1.99. The number of nitro groups is 1. The van der Waals surface area contributed by atoms with E-state index in [4.69, 9.17) is 0 Å². The predicted molar refractivity (Wildman–Crippen MR) is 77.9 cm³/mol. The third kappa shape index (κ3) is 4.00. The molecule has 0 saturated heterocycles. The van der Waals surface area contributed by atoms with Crippen LogP contribution in [0.3, 0.4) is 0 Å². The topological polar surface area (TPSA) is 97.2 Å². The fourth-order valence-electron chi connectivity index (χ4n) is 1.78. The van der Waals surface area contributed by atoms with Crippen LogP contribution in [0.5, 0.6) is 0 Å². The smallest absolute Gasteiger partial charge is 0.319 e. The molecule has 0 aliphatic rings. The molecule has 1 unspecified atom stereocenters. The van der Waals surface area contributed by atoms with Gasteiger partial charge in [0.05, 0.1) is 11.0 Å². The Morgan fingerprint density at radius 1 is 1.33 bits per heavy atom. The molecule has 1 atom stereocenters. The lowest BCUT2D eigenvalue weighted by Crippen LogP contribution is -2.31. The molecule has 2 amide bonds. The summed E-state index contributed by atoms with van der Waals surface area (Å²) in [6.07, 6.45) is 3.32. The van der Waals surface area contributed by atoms with Crippen molar-refractivity contribution in [2.45, 2.75) is 13.0 Å². The van der Waals surface area contributed by atoms with E-state index in [2.05, 4.69) is 15.6 Å². The molecule has 2 aromatic rings. The maximum Gasteiger partial charge on any atom is 0.319 e. The molecule has 0 bridgehead atoms. The number of amides is 2. The molecule has 2 N–H and O–H groups in total. The number of nitro benzene ring substituents is 1. The molecule has 0 aliphatic carbocycles. The molecule has 108 valence electrons. The van der Waals surface area contributed by atoms with Crippen LogP contribution in [0.25, 0.3) is 0 Å². The molecule has 7 heteroatoms. The van der Waals surface area contributed by atoms with Gasteiger partial charge in [0.25, 0.3) is 5.69 Å². The number of anilines is 1. The second-order valence-corrected chi connectivity index (χ2v) is 4.41. The average molecular weight is 286 g/mol. The number of hydrogen-bond donors (Lipinski definition) is 2. The van der Waals surface area contributed by atoms with E-state index < -0.39 is 11.0 Å². The van der Waals surface area contributed by atoms with Crippen molar-refractivity contribution in [3.8, 4) is 0 Å². The highest BCUT2D eigenvalue weighted by Crippen LogP contribution is 2.17. The van der Waals surface area contributed by atoms with Crippen LogP contribution in [0.1, 0.15) is 18.5 Å². The number of hydrogen-bond acceptors (Lipinski definition) is 4. The summed E-state index contributed by atoms with van der Waals surface area (Å²) in [5.41, 5.74) is 1.15. The maximum atomic E-state index is 11.9. The van der Waals surface area contributed by atoms with E-state index in [0.29, 0.717) is 5.69 Å². The Bertz CT molecular complexity index is 646. The molecule has 1 aromatic carbocycles. The lowest BCUT2D eigenvalue weighted by atomic mass is 10.1. The largest absolute Gasteiger partial charge is 0.331 e. The van der Waals surface area contributed by atoms with Crippen molar-refractivity contribution in [1.29, 1.82) is 0 Å². The number of carbonyl (C=O) groups excluding carboxylic acids is 1. The molecular formula is C14H14N4O3. The Kier molecular flexibility index (Phi) is 4.45. The summed E-state index contributed by atoms with van der Waals surface area (Å²) >= 11 is 0. The first-order valence-electron chi connectivity index (χ1n) is 6.28. The van der Waals surface area contributed by atoms with Crippen molar-refractivity contribution >= 4 is 17.4 Å². The second kappa shape index (κ2) is 6.47. The van der Waals surface area contributed by atoms with Gasteiger partial charge in [-0.1, -0.05) is 12.1 Å². The van der Waals surface area contributed by atoms with E-state index >= 15 is 0 Å². The molecule has 21 heavy (non-hydrogen) atoms. The lowest BCUT2D eigenvalue weighted by molar-refractivity contribution is -0.384. The highest BCUT2D eigenvalue weighted by atomic mass is 16.6. The third-order valence-corrected chi connectivity index (χ3v) is 2.85. The fourth-order valence-corrected chi connectivity index (χ4v) is 1.78. The van der Waals surface area contributed by atoms with Crippen LogP contribution < -0.4 is 10.6 Å². The summed E-state index contributed by atoms with van der Waals surface area (Å²) in [5, 5.41) is 16.0. The van der Waals surface area contributed by atoms with Crippen molar-refractivity contribution in [1.82, 2.24) is 10.3 Å². The van der Waals surface area contributed by atoms with Gasteiger partial charge in [-0.25, -0.2) is 4.79 Å². The van der Waals surface area contributed by atoms with E-state index in [1.54, 1.807) is 24.5 Å². The highest BCUT2D eigenvalue weighted by molar-refractivity contribution is 5.89. The molecule has 7 nitrogen and oxygen atoms in total. The maximum absolute atomic E-state index is 11.9. The zero-order valence-corrected chi connectivity index (χ0v) is 11.3. The minimum atomic E-state index is -0.513. The van der Waals surface area contributed by atoms with Crippen molar-refractivity contribution in [3.63, 3.8) is 0 Å². The summed E-state index contributed by atoms with van der Waals surface area (Å²) in [5.74, 6) is 0. The van der Waals surface area contributed by atoms with Gasteiger partial charge in [0, 0.05) is 30.2 Å². The van der Waals surface area contributed by atoms with Crippen LogP contribution in [0.15, 0.2) is 48.8 Å². The summed E-state index contributed by atoms with van der Waals surface area (Å²) in [6, 6.07) is 8.73. The minimum absolute atomic E-state index is 0.0758. The molecule has 0 saturated carbocycles. The Hall–Kier alpha value is -2.96. The van der Waals surface area contributed by atoms with Crippen LogP contribution in [0.4, 0.5) is 16.2 Å². The number of aromatic nitrogens is 1. The standard InChI is InChI=1S/C14H14N4O3/c1-10(11-4-3-7-15-9-11)16-14(19)17-12-5-2-6-13(8-12)18(20)21/h2-10H,1H3,(H2,16,17,19). The van der Waals surface area contributed by atoms with E-state index in [1.807, 2.05) is 13.0 Å². The van der Waals surface area contributed by atoms with Crippen LogP contribution >= 0.6 is 0 Å². The van der Waals surface area contributed by atoms with Crippen LogP contribution in [0, 0.1) is 10.1 Å². The SMILES string of the molecule is CC(NC(=O)Nc1cccc([N+](=O)[O-])c1)c1cccnc1. The van der Waals surface area contributed by atoms with Gasteiger partial charge in [0.1, 0.15) is 0 Å². The van der Waals surface area contributed by atoms with Gasteiger partial charge in [-0.3, -0.25) is 15.1 Å². The van der Waals surface area contributed by atoms with Crippen LogP contribution in [0.2, 0.25) is 0 Å². The van der Waals surface area contributed by atoms with Crippen LogP contribution in [-0.4, -0.2) is 15.9 Å². The second-order valence-electron chi connectivity index (χ2n) is 4.41. The van der Waals surface area contributed by atoms with Gasteiger partial charge >= 0.3 is 6.03 Å². The summed E-state index contributed by atoms with van der Waals surface area (Å²) in [4.78, 5) is 26.0. The molecule has 0 radical (unpaired) electrons. The number of nitrogens with zero attached hydrogens (tertiary/aromatic N) is 2. The van der Waals surface area contributed by atoms with E-state index in [0.717, 1.165) is 5.56 Å². The minimum Gasteiger partial charge on any atom is -0.331 e. The number of urea groups is 1. The van der Waals surface area contributed by atoms with Gasteiger partial charge in [-0.2, -0.15) is 0 Å². The number of nitrogens with one attached hydrogen (secondary N) is 2. The van der Waals surface area contributed by atoms with Gasteiger partial charge in [0.15, 0.2) is 0 Å². The molecular weight excluding hydrogens is 272 g/mol. The van der Waals surface area contributed by atoms with Crippen molar-refractivity contribution in [2.24, 2.45) is 0 Å². The van der Waals surface area contributed by atoms with E-state index in [1.165, 1.54) is 18.2 Å². The van der Waals surface area contributed by atoms with Gasteiger partial charge in [-0.15, -0.1) is 0 Å². The monoisotopic (exact) mass is 286 g/mol. The van der Waals surface area contributed by atoms with E-state index in [9.17, 15) is 14.9 Å². The first-order valence-corrected chi connectivity index (χ1v) is 6.28. The first kappa shape index (κ1) is 14.4. The number of carbonyl (C=O) groups is 1. The quantitative estimate of drug-likeness (QED) is 0.667. The van der Waals surface area contributed by atoms with Crippen molar-refractivity contribution < 1.29 is 9.72 Å². The van der Waals surface area contributed by atoms with Gasteiger partial charge in [0.2, 0.25) is 0 Å². The van der Waals surface area contributed by atoms with Crippen LogP contribution in [-0.2, 0) is 0 Å². The number of benzene rings is 1. The molecule has 0 aliphatic heterocycles. The van der Waals surface area contributed by atoms with Gasteiger partial charge in [-0.05, 0) is 24.6 Å². The zero-order chi connectivity index (χ0) is 15.2. The molecule has 1 heterocycles. The normalized spacial score (nSPS) is 11.5. The van der Waals surface area contributed by atoms with Crippen molar-refractivity contribution in [3.05, 3.63) is 64.5 Å². The molecule has 0 spiro atoms. The number of pyridine rings is 1. The molecule has 2 rings (SSSR count). The van der Waals surface area contributed by atoms with E-state index in [-0.39, 0.29) is 11.7 Å². The zero-order valence-electron chi connectivity index (χ0n) is 11.3. The Morgan fingerprint density at radius 2 is 2.14 bits per heavy atom. The first-order chi connectivity index (χ1) is 10.1. The fraction of sp³-hybridized carbons (Fsp3) is 0.143. The van der Waals surface area contributed by atoms with Crippen molar-refractivity contribution in [2.75, 3.05) is 5.32 Å². The Morgan fingerprint density at radius 3 is 2.81 bits per heavy atom. The summed E-state index contributed by atoms with van der Waals surface area (Å²) in [7, 11) is 0. The summed E-state index contributed by atoms with van der Waals surface area (Å²) in [6.45, 7) is 1.82. The summed E-state index contributed by atoms with van der Waals surface area (Å²) < 4.78 is 0. The average Bonchev–Trinajstić information content (AvgIpc) is 2.48. The predicted octanol–water partition coefficient (Wildman–Crippen LogP) is 2.87. The number of rotatable bonds is 4. The molecule has 0 fully saturated rings.